The predicted octanol–water partition coefficient (Wildman–Crippen LogP) is 3.13. The molecule has 0 radical (unpaired) electrons. The third kappa shape index (κ3) is 5.07. The number of piperazine rings is 1. The van der Waals surface area contributed by atoms with Crippen LogP contribution in [-0.4, -0.2) is 53.8 Å². The maximum absolute atomic E-state index is 12.5. The van der Waals surface area contributed by atoms with Gasteiger partial charge in [0.15, 0.2) is 0 Å². The van der Waals surface area contributed by atoms with Gasteiger partial charge < -0.3 is 10.2 Å². The van der Waals surface area contributed by atoms with E-state index in [1.165, 1.54) is 32.1 Å². The standard InChI is InChI=1S/C21H31N3O2/c1-17(21(26)22-19-10-6-3-7-11-19)23-12-14-24(15-13-23)20(25)16-18-8-4-2-5-9-18/h3,6-7,10-11,17-18H,2,4-5,8-9,12-16H2,1H3,(H,22,26). The van der Waals surface area contributed by atoms with Gasteiger partial charge in [0.25, 0.3) is 0 Å². The highest BCUT2D eigenvalue weighted by Gasteiger charge is 2.28. The Hall–Kier alpha value is -1.88. The number of carbonyl (C=O) groups excluding carboxylic acids is 2. The van der Waals surface area contributed by atoms with E-state index in [2.05, 4.69) is 10.2 Å². The van der Waals surface area contributed by atoms with Crippen LogP contribution < -0.4 is 5.32 Å². The lowest BCUT2D eigenvalue weighted by Crippen LogP contribution is -2.54. The van der Waals surface area contributed by atoms with Crippen LogP contribution in [0.15, 0.2) is 30.3 Å². The number of nitrogens with one attached hydrogen (secondary N) is 1. The van der Waals surface area contributed by atoms with Gasteiger partial charge in [-0.25, -0.2) is 0 Å². The maximum Gasteiger partial charge on any atom is 0.241 e. The van der Waals surface area contributed by atoms with Crippen molar-refractivity contribution >= 4 is 17.5 Å². The van der Waals surface area contributed by atoms with Gasteiger partial charge in [0.05, 0.1) is 6.04 Å². The molecule has 1 N–H and O–H groups in total. The van der Waals surface area contributed by atoms with E-state index in [4.69, 9.17) is 0 Å². The largest absolute Gasteiger partial charge is 0.340 e. The van der Waals surface area contributed by atoms with Gasteiger partial charge in [0.2, 0.25) is 11.8 Å². The van der Waals surface area contributed by atoms with Gasteiger partial charge in [-0.3, -0.25) is 14.5 Å². The van der Waals surface area contributed by atoms with Crippen molar-refractivity contribution in [3.63, 3.8) is 0 Å². The first-order valence-corrected chi connectivity index (χ1v) is 10.0. The van der Waals surface area contributed by atoms with E-state index >= 15 is 0 Å². The van der Waals surface area contributed by atoms with E-state index in [0.717, 1.165) is 31.9 Å². The number of para-hydroxylation sites is 1. The molecule has 1 aromatic carbocycles. The van der Waals surface area contributed by atoms with Crippen LogP contribution in [-0.2, 0) is 9.59 Å². The minimum absolute atomic E-state index is 0.0122. The first-order chi connectivity index (χ1) is 12.6. The average Bonchev–Trinajstić information content (AvgIpc) is 2.69. The Kier molecular flexibility index (Phi) is 6.67. The highest BCUT2D eigenvalue weighted by atomic mass is 16.2. The minimum atomic E-state index is -0.189. The third-order valence-electron chi connectivity index (χ3n) is 5.82. The van der Waals surface area contributed by atoms with Gasteiger partial charge in [0, 0.05) is 38.3 Å². The first-order valence-electron chi connectivity index (χ1n) is 10.0. The number of hydrogen-bond donors (Lipinski definition) is 1. The highest BCUT2D eigenvalue weighted by Crippen LogP contribution is 2.27. The van der Waals surface area contributed by atoms with Crippen molar-refractivity contribution in [3.8, 4) is 0 Å². The van der Waals surface area contributed by atoms with Gasteiger partial charge in [-0.1, -0.05) is 37.5 Å². The van der Waals surface area contributed by atoms with Crippen LogP contribution in [0.4, 0.5) is 5.69 Å². The number of rotatable bonds is 5. The Labute approximate surface area is 156 Å². The molecule has 1 unspecified atom stereocenters. The van der Waals surface area contributed by atoms with Crippen LogP contribution in [0.1, 0.15) is 45.4 Å². The molecule has 0 aromatic heterocycles. The fourth-order valence-corrected chi connectivity index (χ4v) is 4.06. The van der Waals surface area contributed by atoms with E-state index in [1.807, 2.05) is 42.2 Å². The number of nitrogens with zero attached hydrogens (tertiary/aromatic N) is 2. The lowest BCUT2D eigenvalue weighted by molar-refractivity contribution is -0.135. The molecule has 1 saturated heterocycles. The summed E-state index contributed by atoms with van der Waals surface area (Å²) in [5.41, 5.74) is 0.825. The second-order valence-corrected chi connectivity index (χ2v) is 7.66. The van der Waals surface area contributed by atoms with Crippen molar-refractivity contribution in [1.29, 1.82) is 0 Å². The summed E-state index contributed by atoms with van der Waals surface area (Å²) in [5.74, 6) is 0.904. The van der Waals surface area contributed by atoms with Crippen molar-refractivity contribution in [2.24, 2.45) is 5.92 Å². The molecule has 1 atom stereocenters. The Bertz CT molecular complexity index is 591. The summed E-state index contributed by atoms with van der Waals surface area (Å²) < 4.78 is 0. The molecule has 142 valence electrons. The molecular formula is C21H31N3O2. The van der Waals surface area contributed by atoms with Gasteiger partial charge >= 0.3 is 0 Å². The molecule has 5 nitrogen and oxygen atoms in total. The molecule has 0 bridgehead atoms. The molecule has 1 aliphatic heterocycles. The quantitative estimate of drug-likeness (QED) is 0.881. The average molecular weight is 357 g/mol. The zero-order chi connectivity index (χ0) is 18.4. The summed E-state index contributed by atoms with van der Waals surface area (Å²) >= 11 is 0. The number of amides is 2. The number of benzene rings is 1. The van der Waals surface area contributed by atoms with Crippen molar-refractivity contribution in [2.75, 3.05) is 31.5 Å². The molecule has 2 amide bonds. The molecule has 26 heavy (non-hydrogen) atoms. The fourth-order valence-electron chi connectivity index (χ4n) is 4.06. The molecule has 5 heteroatoms. The predicted molar refractivity (Wildman–Crippen MR) is 104 cm³/mol. The zero-order valence-corrected chi connectivity index (χ0v) is 15.8. The smallest absolute Gasteiger partial charge is 0.241 e. The van der Waals surface area contributed by atoms with Crippen molar-refractivity contribution in [1.82, 2.24) is 9.80 Å². The Morgan fingerprint density at radius 3 is 2.35 bits per heavy atom. The summed E-state index contributed by atoms with van der Waals surface area (Å²) in [7, 11) is 0. The summed E-state index contributed by atoms with van der Waals surface area (Å²) in [5, 5.41) is 2.97. The third-order valence-corrected chi connectivity index (χ3v) is 5.82. The minimum Gasteiger partial charge on any atom is -0.340 e. The van der Waals surface area contributed by atoms with Gasteiger partial charge in [0.1, 0.15) is 0 Å². The van der Waals surface area contributed by atoms with Gasteiger partial charge in [-0.2, -0.15) is 0 Å². The number of hydrogen-bond acceptors (Lipinski definition) is 3. The van der Waals surface area contributed by atoms with E-state index in [1.54, 1.807) is 0 Å². The van der Waals surface area contributed by atoms with Crippen LogP contribution in [0.3, 0.4) is 0 Å². The summed E-state index contributed by atoms with van der Waals surface area (Å²) in [4.78, 5) is 29.2. The molecule has 1 saturated carbocycles. The van der Waals surface area contributed by atoms with Crippen LogP contribution >= 0.6 is 0 Å². The lowest BCUT2D eigenvalue weighted by Gasteiger charge is -2.38. The second-order valence-electron chi connectivity index (χ2n) is 7.66. The molecule has 2 aliphatic rings. The molecule has 0 spiro atoms. The zero-order valence-electron chi connectivity index (χ0n) is 15.8. The molecule has 1 aromatic rings. The molecule has 1 heterocycles. The maximum atomic E-state index is 12.5. The summed E-state index contributed by atoms with van der Waals surface area (Å²) in [6.07, 6.45) is 7.01. The summed E-state index contributed by atoms with van der Waals surface area (Å²) in [6.45, 7) is 4.93. The van der Waals surface area contributed by atoms with Crippen LogP contribution in [0.25, 0.3) is 0 Å². The second kappa shape index (κ2) is 9.17. The molecular weight excluding hydrogens is 326 g/mol. The van der Waals surface area contributed by atoms with E-state index in [9.17, 15) is 9.59 Å². The highest BCUT2D eigenvalue weighted by molar-refractivity contribution is 5.94. The molecule has 2 fully saturated rings. The topological polar surface area (TPSA) is 52.7 Å². The molecule has 3 rings (SSSR count). The molecule has 1 aliphatic carbocycles. The van der Waals surface area contributed by atoms with E-state index < -0.39 is 0 Å². The number of anilines is 1. The SMILES string of the molecule is CC(C(=O)Nc1ccccc1)N1CCN(C(=O)CC2CCCCC2)CC1. The van der Waals surface area contributed by atoms with E-state index in [0.29, 0.717) is 18.2 Å². The van der Waals surface area contributed by atoms with Crippen molar-refractivity contribution < 1.29 is 9.59 Å². The Morgan fingerprint density at radius 2 is 1.69 bits per heavy atom. The fraction of sp³-hybridized carbons (Fsp3) is 0.619. The summed E-state index contributed by atoms with van der Waals surface area (Å²) in [6, 6.07) is 9.36. The monoisotopic (exact) mass is 357 g/mol. The van der Waals surface area contributed by atoms with Crippen LogP contribution in [0.5, 0.6) is 0 Å². The Balaban J connectivity index is 1.43. The van der Waals surface area contributed by atoms with Gasteiger partial charge in [-0.15, -0.1) is 0 Å². The first kappa shape index (κ1) is 18.9. The Morgan fingerprint density at radius 1 is 1.04 bits per heavy atom. The van der Waals surface area contributed by atoms with Crippen LogP contribution in [0, 0.1) is 5.92 Å². The van der Waals surface area contributed by atoms with Gasteiger partial charge in [-0.05, 0) is 37.8 Å². The normalized spacial score (nSPS) is 20.6. The van der Waals surface area contributed by atoms with Crippen molar-refractivity contribution in [3.05, 3.63) is 30.3 Å². The van der Waals surface area contributed by atoms with E-state index in [-0.39, 0.29) is 11.9 Å². The lowest BCUT2D eigenvalue weighted by atomic mass is 9.86. The van der Waals surface area contributed by atoms with Crippen molar-refractivity contribution in [2.45, 2.75) is 51.5 Å². The van der Waals surface area contributed by atoms with Crippen LogP contribution in [0.2, 0.25) is 0 Å². The number of carbonyl (C=O) groups is 2.